The van der Waals surface area contributed by atoms with E-state index < -0.39 is 40.7 Å². The molecule has 198 valence electrons. The number of aromatic nitrogens is 1. The van der Waals surface area contributed by atoms with Crippen molar-refractivity contribution >= 4 is 16.9 Å². The molecule has 5 nitrogen and oxygen atoms in total. The lowest BCUT2D eigenvalue weighted by Crippen LogP contribution is -2.53. The van der Waals surface area contributed by atoms with E-state index >= 15 is 0 Å². The molecule has 2 aliphatic rings. The summed E-state index contributed by atoms with van der Waals surface area (Å²) in [6, 6.07) is 5.91. The molecular weight excluding hydrogens is 495 g/mol. The molecule has 0 bridgehead atoms. The maximum atomic E-state index is 14.2. The fourth-order valence-electron chi connectivity index (χ4n) is 6.25. The van der Waals surface area contributed by atoms with Gasteiger partial charge in [-0.15, -0.1) is 0 Å². The first-order valence-corrected chi connectivity index (χ1v) is 12.0. The number of halogens is 5. The number of H-pyrrole nitrogens is 1. The molecule has 3 aromatic rings. The largest absolute Gasteiger partial charge is 0.496 e. The monoisotopic (exact) mass is 522 g/mol. The van der Waals surface area contributed by atoms with E-state index in [1.165, 1.54) is 13.2 Å². The number of alkyl halides is 5. The lowest BCUT2D eigenvalue weighted by Gasteiger charge is -2.55. The molecule has 2 heterocycles. The van der Waals surface area contributed by atoms with Gasteiger partial charge in [-0.3, -0.25) is 4.90 Å². The standard InChI is InChI=1S/C27H27F5N2O3/c1-15-9-22(37-2)19(17-5-7-33-23(15)17)12-34-8-6-25(13-26(28,29)14-25)11-21(34)18-4-3-16(24(35)36)10-20(18)27(30,31)32/h3-5,7,9-10,21,33H,6,8,11-14H2,1-2H3,(H,35,36)/t21-/m0/s1. The summed E-state index contributed by atoms with van der Waals surface area (Å²) >= 11 is 0. The van der Waals surface area contributed by atoms with Gasteiger partial charge in [0.25, 0.3) is 0 Å². The molecule has 1 aliphatic heterocycles. The van der Waals surface area contributed by atoms with Crippen LogP contribution in [0.4, 0.5) is 22.0 Å². The van der Waals surface area contributed by atoms with Gasteiger partial charge in [0.05, 0.1) is 18.2 Å². The van der Waals surface area contributed by atoms with Crippen LogP contribution in [0.5, 0.6) is 5.75 Å². The molecule has 2 aromatic carbocycles. The van der Waals surface area contributed by atoms with Crippen molar-refractivity contribution in [2.24, 2.45) is 5.41 Å². The van der Waals surface area contributed by atoms with Crippen molar-refractivity contribution < 1.29 is 36.6 Å². The highest BCUT2D eigenvalue weighted by molar-refractivity contribution is 5.88. The number of nitrogens with one attached hydrogen (secondary N) is 1. The van der Waals surface area contributed by atoms with Crippen molar-refractivity contribution in [2.45, 2.75) is 57.3 Å². The highest BCUT2D eigenvalue weighted by Crippen LogP contribution is 2.61. The number of aromatic amines is 1. The fourth-order valence-corrected chi connectivity index (χ4v) is 6.25. The number of fused-ring (bicyclic) bond motifs is 1. The van der Waals surface area contributed by atoms with E-state index in [-0.39, 0.29) is 31.4 Å². The molecule has 1 spiro atoms. The maximum Gasteiger partial charge on any atom is 0.416 e. The van der Waals surface area contributed by atoms with Gasteiger partial charge in [-0.2, -0.15) is 13.2 Å². The summed E-state index contributed by atoms with van der Waals surface area (Å²) in [4.78, 5) is 16.5. The number of carboxylic acid groups (broad SMARTS) is 1. The second-order valence-corrected chi connectivity index (χ2v) is 10.4. The summed E-state index contributed by atoms with van der Waals surface area (Å²) in [6.45, 7) is 2.49. The van der Waals surface area contributed by atoms with E-state index in [9.17, 15) is 31.9 Å². The Morgan fingerprint density at radius 1 is 1.22 bits per heavy atom. The lowest BCUT2D eigenvalue weighted by molar-refractivity contribution is -0.187. The number of nitrogens with zero attached hydrogens (tertiary/aromatic N) is 1. The first kappa shape index (κ1) is 25.5. The summed E-state index contributed by atoms with van der Waals surface area (Å²) in [5.41, 5.74) is 0.268. The number of aryl methyl sites for hydroxylation is 1. The van der Waals surface area contributed by atoms with E-state index in [2.05, 4.69) is 4.98 Å². The second kappa shape index (κ2) is 8.72. The summed E-state index contributed by atoms with van der Waals surface area (Å²) in [5.74, 6) is -3.69. The molecule has 1 aliphatic carbocycles. The third kappa shape index (κ3) is 4.56. The molecule has 10 heteroatoms. The number of rotatable bonds is 5. The zero-order chi connectivity index (χ0) is 26.8. The second-order valence-electron chi connectivity index (χ2n) is 10.4. The van der Waals surface area contributed by atoms with Gasteiger partial charge in [-0.1, -0.05) is 6.07 Å². The topological polar surface area (TPSA) is 65.6 Å². The summed E-state index contributed by atoms with van der Waals surface area (Å²) in [6.07, 6.45) is -3.16. The molecule has 1 saturated heterocycles. The third-order valence-corrected chi connectivity index (χ3v) is 7.92. The van der Waals surface area contributed by atoms with Gasteiger partial charge in [0.15, 0.2) is 0 Å². The fraction of sp³-hybridized carbons (Fsp3) is 0.444. The van der Waals surface area contributed by atoms with E-state index in [1.807, 2.05) is 24.0 Å². The molecular formula is C27H27F5N2O3. The van der Waals surface area contributed by atoms with Crippen molar-refractivity contribution in [3.8, 4) is 5.75 Å². The number of likely N-dealkylation sites (tertiary alicyclic amines) is 1. The Labute approximate surface area is 210 Å². The van der Waals surface area contributed by atoms with Crippen LogP contribution in [-0.2, 0) is 12.7 Å². The van der Waals surface area contributed by atoms with Crippen molar-refractivity contribution in [1.82, 2.24) is 9.88 Å². The van der Waals surface area contributed by atoms with Crippen molar-refractivity contribution in [3.05, 3.63) is 64.3 Å². The minimum atomic E-state index is -4.81. The number of benzene rings is 2. The van der Waals surface area contributed by atoms with Crippen LogP contribution in [-0.4, -0.2) is 40.5 Å². The molecule has 0 amide bonds. The van der Waals surface area contributed by atoms with Crippen LogP contribution in [0, 0.1) is 12.3 Å². The Bertz CT molecular complexity index is 1360. The summed E-state index contributed by atoms with van der Waals surface area (Å²) in [5, 5.41) is 10.2. The number of hydrogen-bond acceptors (Lipinski definition) is 3. The van der Waals surface area contributed by atoms with E-state index in [0.29, 0.717) is 24.8 Å². The van der Waals surface area contributed by atoms with Crippen LogP contribution in [0.3, 0.4) is 0 Å². The average molecular weight is 523 g/mol. The van der Waals surface area contributed by atoms with E-state index in [1.54, 1.807) is 6.20 Å². The Kier molecular flexibility index (Phi) is 6.01. The predicted octanol–water partition coefficient (Wildman–Crippen LogP) is 6.95. The van der Waals surface area contributed by atoms with Gasteiger partial charge in [-0.25, -0.2) is 13.6 Å². The highest BCUT2D eigenvalue weighted by Gasteiger charge is 2.58. The molecule has 1 saturated carbocycles. The maximum absolute atomic E-state index is 14.2. The first-order chi connectivity index (χ1) is 17.3. The number of carbonyl (C=O) groups is 1. The smallest absolute Gasteiger partial charge is 0.416 e. The number of piperidine rings is 1. The Morgan fingerprint density at radius 2 is 1.95 bits per heavy atom. The molecule has 0 unspecified atom stereocenters. The van der Waals surface area contributed by atoms with E-state index in [0.717, 1.165) is 28.1 Å². The molecule has 2 fully saturated rings. The lowest BCUT2D eigenvalue weighted by atomic mass is 9.58. The zero-order valence-corrected chi connectivity index (χ0v) is 20.4. The minimum Gasteiger partial charge on any atom is -0.496 e. The number of methoxy groups -OCH3 is 1. The van der Waals surface area contributed by atoms with Crippen LogP contribution < -0.4 is 4.74 Å². The molecule has 0 radical (unpaired) electrons. The quantitative estimate of drug-likeness (QED) is 0.356. The van der Waals surface area contributed by atoms with Gasteiger partial charge < -0.3 is 14.8 Å². The van der Waals surface area contributed by atoms with Crippen molar-refractivity contribution in [2.75, 3.05) is 13.7 Å². The van der Waals surface area contributed by atoms with Gasteiger partial charge in [-0.05, 0) is 67.1 Å². The van der Waals surface area contributed by atoms with Gasteiger partial charge in [0.2, 0.25) is 5.92 Å². The SMILES string of the molecule is COc1cc(C)c2[nH]ccc2c1CN1CCC2(C[C@H]1c1ccc(C(=O)O)cc1C(F)(F)F)CC(F)(F)C2. The van der Waals surface area contributed by atoms with Crippen molar-refractivity contribution in [1.29, 1.82) is 0 Å². The number of aromatic carboxylic acids is 1. The van der Waals surface area contributed by atoms with Crippen LogP contribution in [0.15, 0.2) is 36.5 Å². The van der Waals surface area contributed by atoms with Crippen LogP contribution in [0.25, 0.3) is 10.9 Å². The minimum absolute atomic E-state index is 0.0943. The number of ether oxygens (including phenoxy) is 1. The zero-order valence-electron chi connectivity index (χ0n) is 20.4. The average Bonchev–Trinajstić information content (AvgIpc) is 3.30. The summed E-state index contributed by atoms with van der Waals surface area (Å²) in [7, 11) is 1.53. The van der Waals surface area contributed by atoms with Crippen LogP contribution >= 0.6 is 0 Å². The van der Waals surface area contributed by atoms with Gasteiger partial charge >= 0.3 is 12.1 Å². The first-order valence-electron chi connectivity index (χ1n) is 12.0. The normalized spacial score (nSPS) is 21.2. The number of carboxylic acids is 1. The van der Waals surface area contributed by atoms with Crippen molar-refractivity contribution in [3.63, 3.8) is 0 Å². The Hall–Kier alpha value is -3.14. The van der Waals surface area contributed by atoms with Gasteiger partial charge in [0.1, 0.15) is 5.75 Å². The van der Waals surface area contributed by atoms with Gasteiger partial charge in [0, 0.05) is 48.1 Å². The van der Waals surface area contributed by atoms with E-state index in [4.69, 9.17) is 4.74 Å². The molecule has 1 atom stereocenters. The molecule has 2 N–H and O–H groups in total. The summed E-state index contributed by atoms with van der Waals surface area (Å²) < 4.78 is 76.1. The van der Waals surface area contributed by atoms with Crippen LogP contribution in [0.2, 0.25) is 0 Å². The highest BCUT2D eigenvalue weighted by atomic mass is 19.4. The number of hydrogen-bond donors (Lipinski definition) is 2. The molecule has 1 aromatic heterocycles. The molecule has 5 rings (SSSR count). The predicted molar refractivity (Wildman–Crippen MR) is 127 cm³/mol. The molecule has 37 heavy (non-hydrogen) atoms. The Morgan fingerprint density at radius 3 is 2.57 bits per heavy atom. The Balaban J connectivity index is 1.60. The third-order valence-electron chi connectivity index (χ3n) is 7.92. The van der Waals surface area contributed by atoms with Crippen LogP contribution in [0.1, 0.15) is 64.3 Å².